The van der Waals surface area contributed by atoms with Crippen molar-refractivity contribution in [2.45, 2.75) is 38.1 Å². The van der Waals surface area contributed by atoms with E-state index in [1.807, 2.05) is 7.05 Å². The Bertz CT molecular complexity index is 320. The van der Waals surface area contributed by atoms with E-state index in [-0.39, 0.29) is 0 Å². The van der Waals surface area contributed by atoms with Crippen LogP contribution in [0.25, 0.3) is 0 Å². The highest BCUT2D eigenvalue weighted by molar-refractivity contribution is 4.98. The summed E-state index contributed by atoms with van der Waals surface area (Å²) in [4.78, 5) is 4.48. The smallest absolute Gasteiger partial charge is 0.228 e. The van der Waals surface area contributed by atoms with Crippen molar-refractivity contribution in [3.63, 3.8) is 0 Å². The van der Waals surface area contributed by atoms with Gasteiger partial charge in [-0.1, -0.05) is 5.16 Å². The summed E-state index contributed by atoms with van der Waals surface area (Å²) in [6.07, 6.45) is 3.02. The molecule has 2 rings (SSSR count). The Hall–Kier alpha value is -0.940. The van der Waals surface area contributed by atoms with Gasteiger partial charge in [-0.2, -0.15) is 4.98 Å². The Morgan fingerprint density at radius 3 is 2.94 bits per heavy atom. The zero-order valence-electron chi connectivity index (χ0n) is 9.99. The van der Waals surface area contributed by atoms with Gasteiger partial charge in [0.15, 0.2) is 5.82 Å². The summed E-state index contributed by atoms with van der Waals surface area (Å²) in [6, 6.07) is 0.376. The van der Waals surface area contributed by atoms with E-state index in [2.05, 4.69) is 27.7 Å². The summed E-state index contributed by atoms with van der Waals surface area (Å²) in [5.41, 5.74) is 0. The summed E-state index contributed by atoms with van der Waals surface area (Å²) in [7, 11) is 1.94. The number of nitrogens with one attached hydrogen (secondary N) is 2. The van der Waals surface area contributed by atoms with E-state index in [1.54, 1.807) is 0 Å². The molecule has 0 aliphatic carbocycles. The average Bonchev–Trinajstić information content (AvgIpc) is 2.78. The van der Waals surface area contributed by atoms with E-state index in [0.29, 0.717) is 12.0 Å². The van der Waals surface area contributed by atoms with Crippen LogP contribution in [0.4, 0.5) is 0 Å². The number of rotatable bonds is 4. The first-order chi connectivity index (χ1) is 7.79. The number of likely N-dealkylation sites (N-methyl/N-ethyl adjacent to an activating group) is 1. The first kappa shape index (κ1) is 11.5. The van der Waals surface area contributed by atoms with Crippen LogP contribution in [0.1, 0.15) is 37.4 Å². The Morgan fingerprint density at radius 1 is 1.50 bits per heavy atom. The summed E-state index contributed by atoms with van der Waals surface area (Å²) < 4.78 is 5.27. The van der Waals surface area contributed by atoms with Gasteiger partial charge in [-0.3, -0.25) is 0 Å². The van der Waals surface area contributed by atoms with Crippen molar-refractivity contribution in [2.24, 2.45) is 0 Å². The molecule has 5 nitrogen and oxygen atoms in total. The first-order valence-corrected chi connectivity index (χ1v) is 6.00. The molecule has 0 radical (unpaired) electrons. The lowest BCUT2D eigenvalue weighted by Crippen LogP contribution is -2.27. The quantitative estimate of drug-likeness (QED) is 0.787. The molecule has 1 unspecified atom stereocenters. The molecule has 5 heteroatoms. The number of aromatic nitrogens is 2. The third-order valence-electron chi connectivity index (χ3n) is 3.16. The van der Waals surface area contributed by atoms with Crippen molar-refractivity contribution in [3.05, 3.63) is 11.7 Å². The van der Waals surface area contributed by atoms with Gasteiger partial charge in [-0.25, -0.2) is 0 Å². The molecular formula is C11H20N4O. The van der Waals surface area contributed by atoms with Gasteiger partial charge >= 0.3 is 0 Å². The molecule has 0 aromatic carbocycles. The van der Waals surface area contributed by atoms with Gasteiger partial charge in [0.2, 0.25) is 5.89 Å². The maximum Gasteiger partial charge on any atom is 0.228 e. The molecule has 1 aromatic rings. The highest BCUT2D eigenvalue weighted by atomic mass is 16.5. The van der Waals surface area contributed by atoms with Crippen molar-refractivity contribution in [2.75, 3.05) is 20.1 Å². The molecule has 1 fully saturated rings. The average molecular weight is 224 g/mol. The zero-order chi connectivity index (χ0) is 11.4. The second kappa shape index (κ2) is 5.41. The van der Waals surface area contributed by atoms with E-state index < -0.39 is 0 Å². The molecule has 16 heavy (non-hydrogen) atoms. The number of hydrogen-bond donors (Lipinski definition) is 2. The third kappa shape index (κ3) is 2.80. The predicted molar refractivity (Wildman–Crippen MR) is 61.4 cm³/mol. The summed E-state index contributed by atoms with van der Waals surface area (Å²) in [5, 5.41) is 10.6. The Balaban J connectivity index is 1.95. The molecule has 0 bridgehead atoms. The topological polar surface area (TPSA) is 63.0 Å². The van der Waals surface area contributed by atoms with Crippen molar-refractivity contribution in [1.29, 1.82) is 0 Å². The Kier molecular flexibility index (Phi) is 3.90. The summed E-state index contributed by atoms with van der Waals surface area (Å²) >= 11 is 0. The minimum absolute atomic E-state index is 0.376. The number of nitrogens with zero attached hydrogens (tertiary/aromatic N) is 2. The largest absolute Gasteiger partial charge is 0.339 e. The van der Waals surface area contributed by atoms with E-state index in [1.165, 1.54) is 0 Å². The van der Waals surface area contributed by atoms with Crippen LogP contribution in [0.5, 0.6) is 0 Å². The lowest BCUT2D eigenvalue weighted by Gasteiger charge is -2.18. The van der Waals surface area contributed by atoms with Gasteiger partial charge in [-0.15, -0.1) is 0 Å². The number of piperidine rings is 1. The van der Waals surface area contributed by atoms with Crippen LogP contribution in [0, 0.1) is 0 Å². The molecule has 2 N–H and O–H groups in total. The van der Waals surface area contributed by atoms with Crippen LogP contribution in [0.3, 0.4) is 0 Å². The molecule has 0 spiro atoms. The number of hydrogen-bond acceptors (Lipinski definition) is 5. The fraction of sp³-hybridized carbons (Fsp3) is 0.818. The minimum Gasteiger partial charge on any atom is -0.339 e. The second-order valence-corrected chi connectivity index (χ2v) is 4.46. The van der Waals surface area contributed by atoms with Crippen molar-refractivity contribution < 1.29 is 4.52 Å². The first-order valence-electron chi connectivity index (χ1n) is 6.00. The monoisotopic (exact) mass is 224 g/mol. The van der Waals surface area contributed by atoms with E-state index in [4.69, 9.17) is 4.52 Å². The van der Waals surface area contributed by atoms with Gasteiger partial charge in [0, 0.05) is 18.4 Å². The molecule has 1 atom stereocenters. The van der Waals surface area contributed by atoms with Gasteiger partial charge in [0.1, 0.15) is 0 Å². The molecular weight excluding hydrogens is 204 g/mol. The lowest BCUT2D eigenvalue weighted by atomic mass is 9.98. The van der Waals surface area contributed by atoms with Crippen molar-refractivity contribution in [3.8, 4) is 0 Å². The van der Waals surface area contributed by atoms with Crippen LogP contribution in [0.2, 0.25) is 0 Å². The van der Waals surface area contributed by atoms with Gasteiger partial charge < -0.3 is 15.2 Å². The molecule has 1 aliphatic rings. The van der Waals surface area contributed by atoms with Crippen molar-refractivity contribution >= 4 is 0 Å². The Labute approximate surface area is 96.0 Å². The zero-order valence-corrected chi connectivity index (χ0v) is 9.99. The molecule has 1 aromatic heterocycles. The molecule has 90 valence electrons. The predicted octanol–water partition coefficient (Wildman–Crippen LogP) is 0.687. The molecule has 2 heterocycles. The second-order valence-electron chi connectivity index (χ2n) is 4.46. The van der Waals surface area contributed by atoms with Gasteiger partial charge in [-0.05, 0) is 39.9 Å². The highest BCUT2D eigenvalue weighted by Gasteiger charge is 2.20. The van der Waals surface area contributed by atoms with Crippen LogP contribution in [-0.2, 0) is 6.42 Å². The fourth-order valence-electron chi connectivity index (χ4n) is 1.96. The van der Waals surface area contributed by atoms with E-state index >= 15 is 0 Å². The highest BCUT2D eigenvalue weighted by Crippen LogP contribution is 2.22. The van der Waals surface area contributed by atoms with Crippen LogP contribution in [0.15, 0.2) is 4.52 Å². The molecule has 0 saturated carbocycles. The summed E-state index contributed by atoms with van der Waals surface area (Å²) in [6.45, 7) is 4.22. The maximum atomic E-state index is 5.27. The minimum atomic E-state index is 0.376. The fourth-order valence-corrected chi connectivity index (χ4v) is 1.96. The Morgan fingerprint density at radius 2 is 2.25 bits per heavy atom. The standard InChI is InChI=1S/C11H20N4O/c1-8(12-2)7-10-14-11(15-16-10)9-3-5-13-6-4-9/h8-9,12-13H,3-7H2,1-2H3. The van der Waals surface area contributed by atoms with Crippen LogP contribution >= 0.6 is 0 Å². The van der Waals surface area contributed by atoms with Gasteiger partial charge in [0.05, 0.1) is 0 Å². The molecule has 1 aliphatic heterocycles. The van der Waals surface area contributed by atoms with Crippen LogP contribution in [-0.4, -0.2) is 36.3 Å². The van der Waals surface area contributed by atoms with Gasteiger partial charge in [0.25, 0.3) is 0 Å². The SMILES string of the molecule is CNC(C)Cc1nc(C2CCNCC2)no1. The van der Waals surface area contributed by atoms with Crippen LogP contribution < -0.4 is 10.6 Å². The lowest BCUT2D eigenvalue weighted by molar-refractivity contribution is 0.351. The van der Waals surface area contributed by atoms with E-state index in [9.17, 15) is 0 Å². The molecule has 1 saturated heterocycles. The van der Waals surface area contributed by atoms with Crippen molar-refractivity contribution in [1.82, 2.24) is 20.8 Å². The normalized spacial score (nSPS) is 19.9. The summed E-state index contributed by atoms with van der Waals surface area (Å²) in [5.74, 6) is 2.11. The van der Waals surface area contributed by atoms with E-state index in [0.717, 1.165) is 44.1 Å². The third-order valence-corrected chi connectivity index (χ3v) is 3.16. The maximum absolute atomic E-state index is 5.27. The molecule has 0 amide bonds.